The second kappa shape index (κ2) is 8.01. The van der Waals surface area contributed by atoms with E-state index in [-0.39, 0.29) is 0 Å². The number of benzene rings is 1. The van der Waals surface area contributed by atoms with E-state index in [1.54, 1.807) is 7.11 Å². The molecule has 20 heavy (non-hydrogen) atoms. The average molecular weight is 341 g/mol. The first-order chi connectivity index (χ1) is 9.72. The summed E-state index contributed by atoms with van der Waals surface area (Å²) < 4.78 is 6.59. The van der Waals surface area contributed by atoms with Crippen molar-refractivity contribution >= 4 is 15.9 Å². The quantitative estimate of drug-likeness (QED) is 0.859. The van der Waals surface area contributed by atoms with Crippen LogP contribution in [-0.4, -0.2) is 38.2 Å². The Morgan fingerprint density at radius 2 is 2.30 bits per heavy atom. The predicted molar refractivity (Wildman–Crippen MR) is 87.2 cm³/mol. The third-order valence-corrected chi connectivity index (χ3v) is 4.49. The number of hydrogen-bond donors (Lipinski definition) is 1. The number of rotatable bonds is 6. The average Bonchev–Trinajstić information content (AvgIpc) is 2.48. The summed E-state index contributed by atoms with van der Waals surface area (Å²) in [7, 11) is 1.74. The van der Waals surface area contributed by atoms with Gasteiger partial charge in [0.05, 0.1) is 7.11 Å². The van der Waals surface area contributed by atoms with Crippen LogP contribution in [0.15, 0.2) is 22.7 Å². The minimum Gasteiger partial charge on any atom is -0.496 e. The van der Waals surface area contributed by atoms with Gasteiger partial charge in [-0.15, -0.1) is 0 Å². The van der Waals surface area contributed by atoms with E-state index < -0.39 is 0 Å². The lowest BCUT2D eigenvalue weighted by atomic mass is 9.99. The van der Waals surface area contributed by atoms with Gasteiger partial charge in [0.2, 0.25) is 0 Å². The molecule has 4 heteroatoms. The van der Waals surface area contributed by atoms with Crippen LogP contribution in [0.1, 0.15) is 25.3 Å². The highest BCUT2D eigenvalue weighted by molar-refractivity contribution is 9.10. The Labute approximate surface area is 130 Å². The lowest BCUT2D eigenvalue weighted by molar-refractivity contribution is 0.207. The molecule has 0 aromatic heterocycles. The molecule has 0 saturated carbocycles. The largest absolute Gasteiger partial charge is 0.496 e. The van der Waals surface area contributed by atoms with Crippen molar-refractivity contribution in [2.45, 2.75) is 26.3 Å². The minimum absolute atomic E-state index is 0.779. The summed E-state index contributed by atoms with van der Waals surface area (Å²) in [6, 6.07) is 6.24. The molecule has 0 aliphatic carbocycles. The first-order valence-electron chi connectivity index (χ1n) is 7.48. The number of piperidine rings is 1. The maximum absolute atomic E-state index is 5.48. The van der Waals surface area contributed by atoms with Gasteiger partial charge < -0.3 is 10.1 Å². The van der Waals surface area contributed by atoms with Crippen LogP contribution >= 0.6 is 15.9 Å². The number of ether oxygens (including phenoxy) is 1. The van der Waals surface area contributed by atoms with Crippen molar-refractivity contribution in [3.8, 4) is 5.75 Å². The number of methoxy groups -OCH3 is 1. The van der Waals surface area contributed by atoms with Gasteiger partial charge in [-0.2, -0.15) is 0 Å². The van der Waals surface area contributed by atoms with Crippen molar-refractivity contribution in [1.29, 1.82) is 0 Å². The first-order valence-corrected chi connectivity index (χ1v) is 8.27. The van der Waals surface area contributed by atoms with Crippen molar-refractivity contribution in [1.82, 2.24) is 10.2 Å². The van der Waals surface area contributed by atoms with E-state index in [4.69, 9.17) is 4.74 Å². The van der Waals surface area contributed by atoms with Gasteiger partial charge in [0.15, 0.2) is 0 Å². The van der Waals surface area contributed by atoms with Crippen LogP contribution in [0.3, 0.4) is 0 Å². The fraction of sp³-hybridized carbons (Fsp3) is 0.625. The highest BCUT2D eigenvalue weighted by atomic mass is 79.9. The highest BCUT2D eigenvalue weighted by Gasteiger charge is 2.17. The van der Waals surface area contributed by atoms with Crippen LogP contribution in [0, 0.1) is 5.92 Å². The summed E-state index contributed by atoms with van der Waals surface area (Å²) in [4.78, 5) is 2.52. The zero-order valence-corrected chi connectivity index (χ0v) is 14.1. The first kappa shape index (κ1) is 15.8. The number of halogens is 1. The number of hydrogen-bond acceptors (Lipinski definition) is 3. The van der Waals surface area contributed by atoms with Gasteiger partial charge in [-0.3, -0.25) is 4.90 Å². The monoisotopic (exact) mass is 340 g/mol. The molecule has 1 aromatic rings. The number of nitrogens with one attached hydrogen (secondary N) is 1. The normalized spacial score (nSPS) is 19.3. The Morgan fingerprint density at radius 1 is 1.45 bits per heavy atom. The van der Waals surface area contributed by atoms with Crippen LogP contribution in [0.2, 0.25) is 0 Å². The predicted octanol–water partition coefficient (Wildman–Crippen LogP) is 3.28. The molecule has 1 aromatic carbocycles. The summed E-state index contributed by atoms with van der Waals surface area (Å²) in [5, 5.41) is 3.50. The second-order valence-corrected chi connectivity index (χ2v) is 6.41. The molecule has 0 radical (unpaired) electrons. The Bertz CT molecular complexity index is 419. The van der Waals surface area contributed by atoms with Gasteiger partial charge in [0.1, 0.15) is 5.75 Å². The molecule has 3 nitrogen and oxygen atoms in total. The molecule has 2 rings (SSSR count). The zero-order valence-electron chi connectivity index (χ0n) is 12.5. The van der Waals surface area contributed by atoms with Gasteiger partial charge in [-0.25, -0.2) is 0 Å². The van der Waals surface area contributed by atoms with Crippen molar-refractivity contribution in [2.75, 3.05) is 33.3 Å². The Morgan fingerprint density at radius 3 is 2.95 bits per heavy atom. The lowest BCUT2D eigenvalue weighted by Crippen LogP contribution is -2.38. The molecule has 1 saturated heterocycles. The van der Waals surface area contributed by atoms with E-state index >= 15 is 0 Å². The standard InChI is InChI=1S/C16H25BrN2O/c1-3-19(11-13-5-4-8-18-10-13)12-14-9-15(17)6-7-16(14)20-2/h6-7,9,13,18H,3-5,8,10-12H2,1-2H3. The molecule has 1 fully saturated rings. The molecule has 1 atom stereocenters. The van der Waals surface area contributed by atoms with Crippen LogP contribution in [0.25, 0.3) is 0 Å². The molecule has 1 aliphatic rings. The third kappa shape index (κ3) is 4.47. The van der Waals surface area contributed by atoms with Crippen molar-refractivity contribution in [3.05, 3.63) is 28.2 Å². The Hall–Kier alpha value is -0.580. The molecule has 0 amide bonds. The maximum atomic E-state index is 5.48. The summed E-state index contributed by atoms with van der Waals surface area (Å²) in [5.41, 5.74) is 1.26. The van der Waals surface area contributed by atoms with E-state index in [2.05, 4.69) is 39.1 Å². The SMILES string of the molecule is CCN(Cc1cc(Br)ccc1OC)CC1CCCNC1. The van der Waals surface area contributed by atoms with E-state index in [9.17, 15) is 0 Å². The molecule has 1 heterocycles. The van der Waals surface area contributed by atoms with Gasteiger partial charge >= 0.3 is 0 Å². The maximum Gasteiger partial charge on any atom is 0.123 e. The summed E-state index contributed by atoms with van der Waals surface area (Å²) in [5.74, 6) is 1.76. The highest BCUT2D eigenvalue weighted by Crippen LogP contribution is 2.25. The molecular weight excluding hydrogens is 316 g/mol. The third-order valence-electron chi connectivity index (χ3n) is 4.00. The van der Waals surface area contributed by atoms with Crippen LogP contribution in [0.4, 0.5) is 0 Å². The lowest BCUT2D eigenvalue weighted by Gasteiger charge is -2.29. The zero-order chi connectivity index (χ0) is 14.4. The van der Waals surface area contributed by atoms with Crippen molar-refractivity contribution < 1.29 is 4.74 Å². The smallest absolute Gasteiger partial charge is 0.123 e. The van der Waals surface area contributed by atoms with Crippen molar-refractivity contribution in [3.63, 3.8) is 0 Å². The fourth-order valence-corrected chi connectivity index (χ4v) is 3.27. The second-order valence-electron chi connectivity index (χ2n) is 5.50. The molecule has 0 bridgehead atoms. The molecule has 0 spiro atoms. The molecule has 1 N–H and O–H groups in total. The van der Waals surface area contributed by atoms with Crippen LogP contribution in [-0.2, 0) is 6.54 Å². The van der Waals surface area contributed by atoms with E-state index in [1.807, 2.05) is 12.1 Å². The summed E-state index contributed by atoms with van der Waals surface area (Å²) in [6.07, 6.45) is 2.65. The molecule has 1 unspecified atom stereocenters. The van der Waals surface area contributed by atoms with Gasteiger partial charge in [0.25, 0.3) is 0 Å². The Kier molecular flexibility index (Phi) is 6.33. The van der Waals surface area contributed by atoms with Gasteiger partial charge in [0, 0.05) is 23.1 Å². The topological polar surface area (TPSA) is 24.5 Å². The molecular formula is C16H25BrN2O. The summed E-state index contributed by atoms with van der Waals surface area (Å²) >= 11 is 3.55. The number of nitrogens with zero attached hydrogens (tertiary/aromatic N) is 1. The fourth-order valence-electron chi connectivity index (χ4n) is 2.86. The van der Waals surface area contributed by atoms with Crippen molar-refractivity contribution in [2.24, 2.45) is 5.92 Å². The van der Waals surface area contributed by atoms with Crippen LogP contribution < -0.4 is 10.1 Å². The van der Waals surface area contributed by atoms with E-state index in [0.29, 0.717) is 0 Å². The van der Waals surface area contributed by atoms with E-state index in [1.165, 1.54) is 31.5 Å². The minimum atomic E-state index is 0.779. The Balaban J connectivity index is 1.99. The molecule has 112 valence electrons. The van der Waals surface area contributed by atoms with Gasteiger partial charge in [-0.1, -0.05) is 22.9 Å². The van der Waals surface area contributed by atoms with Crippen LogP contribution in [0.5, 0.6) is 5.75 Å². The van der Waals surface area contributed by atoms with Gasteiger partial charge in [-0.05, 0) is 56.6 Å². The molecule has 1 aliphatic heterocycles. The summed E-state index contributed by atoms with van der Waals surface area (Å²) in [6.45, 7) is 7.77. The van der Waals surface area contributed by atoms with E-state index in [0.717, 1.165) is 35.8 Å².